The van der Waals surface area contributed by atoms with E-state index in [1.807, 2.05) is 36.4 Å². The number of hydrogen-bond donors (Lipinski definition) is 1. The Kier molecular flexibility index (Phi) is 8.77. The zero-order chi connectivity index (χ0) is 21.0. The van der Waals surface area contributed by atoms with Gasteiger partial charge in [-0.3, -0.25) is 4.99 Å². The van der Waals surface area contributed by atoms with Crippen LogP contribution < -0.4 is 4.74 Å². The summed E-state index contributed by atoms with van der Waals surface area (Å²) < 4.78 is 5.79. The number of aliphatic imine (C=N–C) groups is 1. The van der Waals surface area contributed by atoms with Crippen molar-refractivity contribution in [2.24, 2.45) is 4.99 Å². The van der Waals surface area contributed by atoms with Crippen molar-refractivity contribution in [2.75, 3.05) is 6.61 Å². The molecular formula is C27H33NO2. The van der Waals surface area contributed by atoms with Crippen molar-refractivity contribution < 1.29 is 9.84 Å². The standard InChI is InChI=1S/C27H33NO2/c1-2-3-4-5-6-7-8-11-18-30-26-17-15-24(27(29)20-26)21-28-25-16-14-22-12-9-10-13-23(22)19-25/h9-10,12-17,19-21,29H,2-8,11,18H2,1H3. The Balaban J connectivity index is 1.44. The molecule has 0 saturated heterocycles. The van der Waals surface area contributed by atoms with E-state index in [-0.39, 0.29) is 5.75 Å². The van der Waals surface area contributed by atoms with Crippen molar-refractivity contribution in [1.82, 2.24) is 0 Å². The fourth-order valence-corrected chi connectivity index (χ4v) is 3.55. The maximum atomic E-state index is 10.3. The van der Waals surface area contributed by atoms with Crippen LogP contribution in [-0.4, -0.2) is 17.9 Å². The molecule has 0 aliphatic carbocycles. The minimum Gasteiger partial charge on any atom is -0.507 e. The van der Waals surface area contributed by atoms with E-state index in [1.165, 1.54) is 50.3 Å². The fourth-order valence-electron chi connectivity index (χ4n) is 3.55. The van der Waals surface area contributed by atoms with Crippen LogP contribution in [0, 0.1) is 0 Å². The van der Waals surface area contributed by atoms with E-state index in [0.29, 0.717) is 17.9 Å². The Morgan fingerprint density at radius 1 is 0.800 bits per heavy atom. The predicted molar refractivity (Wildman–Crippen MR) is 127 cm³/mol. The Bertz CT molecular complexity index is 949. The summed E-state index contributed by atoms with van der Waals surface area (Å²) in [7, 11) is 0. The highest BCUT2D eigenvalue weighted by Gasteiger charge is 2.02. The van der Waals surface area contributed by atoms with Crippen LogP contribution in [0.25, 0.3) is 10.8 Å². The van der Waals surface area contributed by atoms with Gasteiger partial charge in [-0.15, -0.1) is 0 Å². The van der Waals surface area contributed by atoms with Crippen molar-refractivity contribution in [3.05, 3.63) is 66.2 Å². The first-order valence-electron chi connectivity index (χ1n) is 11.2. The average Bonchev–Trinajstić information content (AvgIpc) is 2.77. The molecule has 0 radical (unpaired) electrons. The lowest BCUT2D eigenvalue weighted by molar-refractivity contribution is 0.302. The normalized spacial score (nSPS) is 11.4. The molecule has 0 heterocycles. The summed E-state index contributed by atoms with van der Waals surface area (Å²) in [5, 5.41) is 12.7. The van der Waals surface area contributed by atoms with Crippen LogP contribution >= 0.6 is 0 Å². The van der Waals surface area contributed by atoms with E-state index in [1.54, 1.807) is 12.3 Å². The maximum absolute atomic E-state index is 10.3. The van der Waals surface area contributed by atoms with E-state index in [2.05, 4.69) is 30.1 Å². The maximum Gasteiger partial charge on any atom is 0.128 e. The van der Waals surface area contributed by atoms with Crippen molar-refractivity contribution in [3.63, 3.8) is 0 Å². The highest BCUT2D eigenvalue weighted by molar-refractivity contribution is 5.89. The van der Waals surface area contributed by atoms with Gasteiger partial charge in [0.25, 0.3) is 0 Å². The highest BCUT2D eigenvalue weighted by Crippen LogP contribution is 2.25. The molecule has 0 aliphatic rings. The van der Waals surface area contributed by atoms with Crippen LogP contribution in [0.3, 0.4) is 0 Å². The summed E-state index contributed by atoms with van der Waals surface area (Å²) in [5.41, 5.74) is 1.55. The van der Waals surface area contributed by atoms with Crippen molar-refractivity contribution in [3.8, 4) is 11.5 Å². The second-order valence-electron chi connectivity index (χ2n) is 7.83. The van der Waals surface area contributed by atoms with Gasteiger partial charge < -0.3 is 9.84 Å². The molecule has 3 heteroatoms. The van der Waals surface area contributed by atoms with E-state index in [9.17, 15) is 5.11 Å². The number of hydrogen-bond acceptors (Lipinski definition) is 3. The number of nitrogens with zero attached hydrogens (tertiary/aromatic N) is 1. The van der Waals surface area contributed by atoms with E-state index >= 15 is 0 Å². The van der Waals surface area contributed by atoms with Crippen LogP contribution in [-0.2, 0) is 0 Å². The molecule has 0 amide bonds. The molecule has 0 spiro atoms. The molecule has 3 rings (SSSR count). The van der Waals surface area contributed by atoms with Crippen molar-refractivity contribution in [2.45, 2.75) is 58.3 Å². The Morgan fingerprint density at radius 2 is 1.53 bits per heavy atom. The van der Waals surface area contributed by atoms with Gasteiger partial charge >= 0.3 is 0 Å². The monoisotopic (exact) mass is 403 g/mol. The quantitative estimate of drug-likeness (QED) is 0.247. The number of fused-ring (bicyclic) bond motifs is 1. The molecule has 3 aromatic carbocycles. The lowest BCUT2D eigenvalue weighted by Gasteiger charge is -2.08. The van der Waals surface area contributed by atoms with Crippen LogP contribution in [0.15, 0.2) is 65.7 Å². The number of phenolic OH excluding ortho intramolecular Hbond substituents is 1. The summed E-state index contributed by atoms with van der Waals surface area (Å²) in [6.07, 6.45) is 11.9. The summed E-state index contributed by atoms with van der Waals surface area (Å²) in [5.74, 6) is 0.895. The topological polar surface area (TPSA) is 41.8 Å². The molecule has 0 aromatic heterocycles. The van der Waals surface area contributed by atoms with Gasteiger partial charge in [-0.1, -0.05) is 82.2 Å². The minimum atomic E-state index is 0.188. The highest BCUT2D eigenvalue weighted by atomic mass is 16.5. The van der Waals surface area contributed by atoms with Gasteiger partial charge in [0.1, 0.15) is 11.5 Å². The smallest absolute Gasteiger partial charge is 0.128 e. The van der Waals surface area contributed by atoms with Crippen LogP contribution in [0.5, 0.6) is 11.5 Å². The van der Waals surface area contributed by atoms with Gasteiger partial charge in [-0.2, -0.15) is 0 Å². The summed E-state index contributed by atoms with van der Waals surface area (Å²) in [6.45, 7) is 2.94. The molecule has 3 aromatic rings. The van der Waals surface area contributed by atoms with Crippen LogP contribution in [0.4, 0.5) is 5.69 Å². The molecule has 0 aliphatic heterocycles. The van der Waals surface area contributed by atoms with Gasteiger partial charge in [0.15, 0.2) is 0 Å². The zero-order valence-electron chi connectivity index (χ0n) is 18.0. The largest absolute Gasteiger partial charge is 0.507 e. The Hall–Kier alpha value is -2.81. The Labute approximate surface area is 180 Å². The number of unbranched alkanes of at least 4 members (excludes halogenated alkanes) is 7. The first-order chi connectivity index (χ1) is 14.8. The number of phenols is 1. The molecule has 0 bridgehead atoms. The first-order valence-corrected chi connectivity index (χ1v) is 11.2. The number of aromatic hydroxyl groups is 1. The molecule has 30 heavy (non-hydrogen) atoms. The minimum absolute atomic E-state index is 0.188. The number of benzene rings is 3. The summed E-state index contributed by atoms with van der Waals surface area (Å²) >= 11 is 0. The molecule has 0 fully saturated rings. The molecular weight excluding hydrogens is 370 g/mol. The molecule has 1 N–H and O–H groups in total. The lowest BCUT2D eigenvalue weighted by Crippen LogP contribution is -1.97. The zero-order valence-corrected chi connectivity index (χ0v) is 18.0. The average molecular weight is 404 g/mol. The fraction of sp³-hybridized carbons (Fsp3) is 0.370. The van der Waals surface area contributed by atoms with Gasteiger partial charge in [0.2, 0.25) is 0 Å². The third-order valence-electron chi connectivity index (χ3n) is 5.35. The summed E-state index contributed by atoms with van der Waals surface area (Å²) in [4.78, 5) is 4.51. The van der Waals surface area contributed by atoms with E-state index in [0.717, 1.165) is 17.5 Å². The Morgan fingerprint density at radius 3 is 2.30 bits per heavy atom. The molecule has 0 atom stereocenters. The second kappa shape index (κ2) is 12.0. The third kappa shape index (κ3) is 6.91. The molecule has 158 valence electrons. The van der Waals surface area contributed by atoms with Gasteiger partial charge in [0.05, 0.1) is 12.3 Å². The molecule has 0 saturated carbocycles. The second-order valence-corrected chi connectivity index (χ2v) is 7.83. The third-order valence-corrected chi connectivity index (χ3v) is 5.35. The lowest BCUT2D eigenvalue weighted by atomic mass is 10.1. The number of ether oxygens (including phenoxy) is 1. The van der Waals surface area contributed by atoms with Gasteiger partial charge in [-0.25, -0.2) is 0 Å². The van der Waals surface area contributed by atoms with Crippen molar-refractivity contribution in [1.29, 1.82) is 0 Å². The van der Waals surface area contributed by atoms with Crippen LogP contribution in [0.2, 0.25) is 0 Å². The number of rotatable bonds is 12. The van der Waals surface area contributed by atoms with Crippen molar-refractivity contribution >= 4 is 22.7 Å². The van der Waals surface area contributed by atoms with Crippen LogP contribution in [0.1, 0.15) is 63.9 Å². The van der Waals surface area contributed by atoms with Gasteiger partial charge in [0, 0.05) is 17.8 Å². The van der Waals surface area contributed by atoms with E-state index < -0.39 is 0 Å². The predicted octanol–water partition coefficient (Wildman–Crippen LogP) is 7.82. The first kappa shape index (κ1) is 21.9. The summed E-state index contributed by atoms with van der Waals surface area (Å²) in [6, 6.07) is 19.7. The van der Waals surface area contributed by atoms with E-state index in [4.69, 9.17) is 4.74 Å². The van der Waals surface area contributed by atoms with Gasteiger partial charge in [-0.05, 0) is 41.5 Å². The molecule has 3 nitrogen and oxygen atoms in total. The molecule has 0 unspecified atom stereocenters. The SMILES string of the molecule is CCCCCCCCCCOc1ccc(C=Nc2ccc3ccccc3c2)c(O)c1.